The number of hydrogen-bond acceptors (Lipinski definition) is 6. The van der Waals surface area contributed by atoms with Crippen LogP contribution in [-0.4, -0.2) is 54.7 Å². The number of aliphatic carboxylic acids is 1. The molecule has 3 aromatic carbocycles. The van der Waals surface area contributed by atoms with Gasteiger partial charge in [-0.15, -0.1) is 5.10 Å². The quantitative estimate of drug-likeness (QED) is 0.320. The SMILES string of the molecule is Cc1c(C(CC(=O)O)c2ccc3c(c2)C(N2Cc4ccccc4OC(C)(C)C2)CC3)ccc2c1nnn2C.O=CO. The highest BCUT2D eigenvalue weighted by Crippen LogP contribution is 2.43. The van der Waals surface area contributed by atoms with Gasteiger partial charge in [-0.2, -0.15) is 0 Å². The number of hydrogen-bond donors (Lipinski definition) is 2. The van der Waals surface area contributed by atoms with Crippen molar-refractivity contribution < 1.29 is 24.5 Å². The molecule has 214 valence electrons. The van der Waals surface area contributed by atoms with E-state index in [9.17, 15) is 9.90 Å². The molecule has 1 aliphatic heterocycles. The highest BCUT2D eigenvalue weighted by molar-refractivity contribution is 5.80. The van der Waals surface area contributed by atoms with E-state index < -0.39 is 5.97 Å². The van der Waals surface area contributed by atoms with Gasteiger partial charge in [0.15, 0.2) is 0 Å². The molecule has 2 N–H and O–H groups in total. The van der Waals surface area contributed by atoms with Crippen molar-refractivity contribution in [3.05, 3.63) is 88.0 Å². The Bertz CT molecular complexity index is 1590. The average Bonchev–Trinajstić information content (AvgIpc) is 3.48. The lowest BCUT2D eigenvalue weighted by Gasteiger charge is -2.34. The second-order valence-electron chi connectivity index (χ2n) is 11.5. The van der Waals surface area contributed by atoms with Gasteiger partial charge in [0.2, 0.25) is 0 Å². The van der Waals surface area contributed by atoms with Crippen LogP contribution >= 0.6 is 0 Å². The van der Waals surface area contributed by atoms with Crippen LogP contribution < -0.4 is 4.74 Å². The number of carboxylic acid groups (broad SMARTS) is 2. The van der Waals surface area contributed by atoms with E-state index in [1.54, 1.807) is 4.68 Å². The normalized spacial score (nSPS) is 18.3. The number of rotatable bonds is 5. The van der Waals surface area contributed by atoms with Crippen molar-refractivity contribution >= 4 is 23.5 Å². The van der Waals surface area contributed by atoms with E-state index in [-0.39, 0.29) is 30.5 Å². The monoisotopic (exact) mass is 556 g/mol. The molecule has 2 heterocycles. The molecule has 2 unspecified atom stereocenters. The van der Waals surface area contributed by atoms with Crippen LogP contribution in [-0.2, 0) is 29.6 Å². The Morgan fingerprint density at radius 3 is 2.68 bits per heavy atom. The molecule has 0 saturated carbocycles. The zero-order chi connectivity index (χ0) is 29.3. The van der Waals surface area contributed by atoms with Gasteiger partial charge in [0.25, 0.3) is 6.47 Å². The topological polar surface area (TPSA) is 118 Å². The number of fused-ring (bicyclic) bond motifs is 3. The van der Waals surface area contributed by atoms with Crippen molar-refractivity contribution in [1.29, 1.82) is 0 Å². The van der Waals surface area contributed by atoms with Crippen LogP contribution in [0, 0.1) is 6.92 Å². The molecule has 0 amide bonds. The van der Waals surface area contributed by atoms with Crippen LogP contribution in [0.15, 0.2) is 54.6 Å². The molecule has 0 saturated heterocycles. The van der Waals surface area contributed by atoms with Gasteiger partial charge in [-0.3, -0.25) is 14.5 Å². The number of nitrogens with zero attached hydrogens (tertiary/aromatic N) is 4. The lowest BCUT2D eigenvalue weighted by atomic mass is 9.84. The van der Waals surface area contributed by atoms with E-state index in [4.69, 9.17) is 14.6 Å². The van der Waals surface area contributed by atoms with E-state index in [0.29, 0.717) is 0 Å². The average molecular weight is 557 g/mol. The highest BCUT2D eigenvalue weighted by Gasteiger charge is 2.36. The van der Waals surface area contributed by atoms with Crippen molar-refractivity contribution in [3.8, 4) is 5.75 Å². The third-order valence-electron chi connectivity index (χ3n) is 8.21. The minimum atomic E-state index is -0.811. The Morgan fingerprint density at radius 2 is 1.93 bits per heavy atom. The molecule has 1 aliphatic carbocycles. The summed E-state index contributed by atoms with van der Waals surface area (Å²) < 4.78 is 8.17. The third kappa shape index (κ3) is 5.67. The van der Waals surface area contributed by atoms with Crippen LogP contribution in [0.2, 0.25) is 0 Å². The first-order valence-corrected chi connectivity index (χ1v) is 13.8. The minimum Gasteiger partial charge on any atom is -0.486 e. The summed E-state index contributed by atoms with van der Waals surface area (Å²) in [4.78, 5) is 23.0. The summed E-state index contributed by atoms with van der Waals surface area (Å²) in [5.74, 6) is -0.118. The molecular formula is C32H36N4O5. The Kier molecular flexibility index (Phi) is 7.82. The fourth-order valence-corrected chi connectivity index (χ4v) is 6.45. The van der Waals surface area contributed by atoms with Gasteiger partial charge in [0.1, 0.15) is 16.9 Å². The first-order chi connectivity index (χ1) is 19.6. The molecule has 0 spiro atoms. The molecule has 2 aliphatic rings. The molecule has 4 aromatic rings. The highest BCUT2D eigenvalue weighted by atomic mass is 16.5. The first-order valence-electron chi connectivity index (χ1n) is 13.8. The number of benzene rings is 3. The maximum atomic E-state index is 12.1. The lowest BCUT2D eigenvalue weighted by molar-refractivity contribution is -0.137. The minimum absolute atomic E-state index is 0.0218. The molecular weight excluding hydrogens is 520 g/mol. The molecule has 0 fully saturated rings. The number of aromatic nitrogens is 3. The fourth-order valence-electron chi connectivity index (χ4n) is 6.45. The van der Waals surface area contributed by atoms with Gasteiger partial charge in [0.05, 0.1) is 11.9 Å². The largest absolute Gasteiger partial charge is 0.486 e. The van der Waals surface area contributed by atoms with Crippen molar-refractivity contribution in [2.45, 2.75) is 64.1 Å². The van der Waals surface area contributed by atoms with Crippen LogP contribution in [0.4, 0.5) is 0 Å². The second kappa shape index (κ2) is 11.3. The lowest BCUT2D eigenvalue weighted by Crippen LogP contribution is -2.41. The summed E-state index contributed by atoms with van der Waals surface area (Å²) in [6.07, 6.45) is 2.09. The summed E-state index contributed by atoms with van der Waals surface area (Å²) in [6, 6.07) is 19.2. The smallest absolute Gasteiger partial charge is 0.304 e. The standard InChI is InChI=1S/C31H34N4O3.CH2O2/c1-19-23(12-14-27-30(19)32-33-34(27)4)24(16-29(36)37)21-10-9-20-11-13-26(25(20)15-21)35-17-22-7-5-6-8-28(22)38-31(2,3)18-35;2-1-3/h5-10,12,14-15,24,26H,11,13,16-18H2,1-4H3,(H,36,37);1H,(H,2,3). The van der Waals surface area contributed by atoms with E-state index in [1.165, 1.54) is 16.7 Å². The first kappa shape index (κ1) is 28.3. The maximum Gasteiger partial charge on any atom is 0.304 e. The molecule has 6 rings (SSSR count). The van der Waals surface area contributed by atoms with Crippen LogP contribution in [0.25, 0.3) is 11.0 Å². The van der Waals surface area contributed by atoms with Crippen molar-refractivity contribution in [3.63, 3.8) is 0 Å². The van der Waals surface area contributed by atoms with Gasteiger partial charge in [0, 0.05) is 37.7 Å². The van der Waals surface area contributed by atoms with Crippen LogP contribution in [0.3, 0.4) is 0 Å². The van der Waals surface area contributed by atoms with E-state index in [0.717, 1.165) is 59.4 Å². The number of aryl methyl sites for hydroxylation is 3. The summed E-state index contributed by atoms with van der Waals surface area (Å²) in [5, 5.41) is 25.3. The van der Waals surface area contributed by atoms with Crippen molar-refractivity contribution in [1.82, 2.24) is 19.9 Å². The van der Waals surface area contributed by atoms with Gasteiger partial charge >= 0.3 is 5.97 Å². The molecule has 2 atom stereocenters. The summed E-state index contributed by atoms with van der Waals surface area (Å²) >= 11 is 0. The predicted molar refractivity (Wildman–Crippen MR) is 155 cm³/mol. The molecule has 1 aromatic heterocycles. The zero-order valence-corrected chi connectivity index (χ0v) is 23.9. The number of ether oxygens (including phenoxy) is 1. The van der Waals surface area contributed by atoms with Gasteiger partial charge in [-0.05, 0) is 73.6 Å². The van der Waals surface area contributed by atoms with Crippen molar-refractivity contribution in [2.75, 3.05) is 6.54 Å². The number of para-hydroxylation sites is 1. The Hall–Kier alpha value is -4.24. The summed E-state index contributed by atoms with van der Waals surface area (Å²) in [6.45, 7) is 7.73. The predicted octanol–water partition coefficient (Wildman–Crippen LogP) is 5.24. The van der Waals surface area contributed by atoms with Gasteiger partial charge < -0.3 is 14.9 Å². The molecule has 0 radical (unpaired) electrons. The van der Waals surface area contributed by atoms with Crippen LogP contribution in [0.1, 0.15) is 72.0 Å². The van der Waals surface area contributed by atoms with Crippen molar-refractivity contribution in [2.24, 2.45) is 7.05 Å². The van der Waals surface area contributed by atoms with E-state index in [1.807, 2.05) is 32.2 Å². The Morgan fingerprint density at radius 1 is 1.17 bits per heavy atom. The molecule has 0 bridgehead atoms. The fraction of sp³-hybridized carbons (Fsp3) is 0.375. The summed E-state index contributed by atoms with van der Waals surface area (Å²) in [5.41, 5.74) is 8.34. The van der Waals surface area contributed by atoms with E-state index in [2.05, 4.69) is 65.5 Å². The second-order valence-corrected chi connectivity index (χ2v) is 11.5. The van der Waals surface area contributed by atoms with Crippen LogP contribution in [0.5, 0.6) is 5.75 Å². The van der Waals surface area contributed by atoms with Gasteiger partial charge in [-0.25, -0.2) is 4.68 Å². The number of carboxylic acids is 1. The Labute approximate surface area is 239 Å². The zero-order valence-electron chi connectivity index (χ0n) is 23.9. The third-order valence-corrected chi connectivity index (χ3v) is 8.21. The molecule has 9 nitrogen and oxygen atoms in total. The Balaban J connectivity index is 0.00000108. The van der Waals surface area contributed by atoms with Gasteiger partial charge in [-0.1, -0.05) is 47.7 Å². The number of carbonyl (C=O) groups is 2. The van der Waals surface area contributed by atoms with E-state index >= 15 is 0 Å². The molecule has 41 heavy (non-hydrogen) atoms. The summed E-state index contributed by atoms with van der Waals surface area (Å²) in [7, 11) is 1.87. The maximum absolute atomic E-state index is 12.1. The molecule has 9 heteroatoms.